The van der Waals surface area contributed by atoms with E-state index < -0.39 is 0 Å². The Bertz CT molecular complexity index is 373. The molecule has 2 rings (SSSR count). The summed E-state index contributed by atoms with van der Waals surface area (Å²) in [6, 6.07) is 0.138. The standard InChI is InChI=1S/C15H26N2O4/c1-21-9-7-16-11-12(10-14(16)19)15(20)17-6-3-2-4-13(17)5-8-18/h12-13,18H,2-11H2,1H3. The molecule has 21 heavy (non-hydrogen) atoms. The van der Waals surface area contributed by atoms with Crippen molar-refractivity contribution in [2.75, 3.05) is 40.0 Å². The van der Waals surface area contributed by atoms with Gasteiger partial charge in [0, 0.05) is 45.8 Å². The first-order valence-electron chi connectivity index (χ1n) is 7.85. The molecule has 0 bridgehead atoms. The van der Waals surface area contributed by atoms with Gasteiger partial charge in [0.15, 0.2) is 0 Å². The lowest BCUT2D eigenvalue weighted by Gasteiger charge is -2.37. The lowest BCUT2D eigenvalue weighted by Crippen LogP contribution is -2.47. The Labute approximate surface area is 126 Å². The molecule has 2 heterocycles. The van der Waals surface area contributed by atoms with Crippen LogP contribution in [0.1, 0.15) is 32.1 Å². The predicted octanol–water partition coefficient (Wildman–Crippen LogP) is 0.245. The fraction of sp³-hybridized carbons (Fsp3) is 0.867. The van der Waals surface area contributed by atoms with Crippen molar-refractivity contribution in [3.63, 3.8) is 0 Å². The van der Waals surface area contributed by atoms with Gasteiger partial charge < -0.3 is 19.6 Å². The normalized spacial score (nSPS) is 26.5. The summed E-state index contributed by atoms with van der Waals surface area (Å²) >= 11 is 0. The molecule has 120 valence electrons. The van der Waals surface area contributed by atoms with Crippen LogP contribution in [0.4, 0.5) is 0 Å². The molecule has 2 aliphatic heterocycles. The van der Waals surface area contributed by atoms with Crippen LogP contribution in [0.2, 0.25) is 0 Å². The highest BCUT2D eigenvalue weighted by atomic mass is 16.5. The largest absolute Gasteiger partial charge is 0.396 e. The summed E-state index contributed by atoms with van der Waals surface area (Å²) in [5.74, 6) is -0.101. The zero-order valence-electron chi connectivity index (χ0n) is 12.8. The van der Waals surface area contributed by atoms with Gasteiger partial charge in [0.05, 0.1) is 12.5 Å². The second-order valence-electron chi connectivity index (χ2n) is 5.93. The molecule has 6 heteroatoms. The first kappa shape index (κ1) is 16.2. The highest BCUT2D eigenvalue weighted by Gasteiger charge is 2.38. The summed E-state index contributed by atoms with van der Waals surface area (Å²) in [6.07, 6.45) is 4.03. The van der Waals surface area contributed by atoms with E-state index in [9.17, 15) is 9.59 Å². The van der Waals surface area contributed by atoms with Crippen molar-refractivity contribution in [1.82, 2.24) is 9.80 Å². The minimum absolute atomic E-state index is 0.0427. The second-order valence-corrected chi connectivity index (χ2v) is 5.93. The number of rotatable bonds is 6. The molecule has 0 aromatic rings. The minimum Gasteiger partial charge on any atom is -0.396 e. The van der Waals surface area contributed by atoms with Gasteiger partial charge >= 0.3 is 0 Å². The van der Waals surface area contributed by atoms with Crippen molar-refractivity contribution in [1.29, 1.82) is 0 Å². The average molecular weight is 298 g/mol. The zero-order valence-corrected chi connectivity index (χ0v) is 12.8. The van der Waals surface area contributed by atoms with Gasteiger partial charge in [-0.25, -0.2) is 0 Å². The van der Waals surface area contributed by atoms with Gasteiger partial charge in [-0.15, -0.1) is 0 Å². The number of aliphatic hydroxyl groups is 1. The SMILES string of the molecule is COCCN1CC(C(=O)N2CCCCC2CCO)CC1=O. The Morgan fingerprint density at radius 3 is 2.95 bits per heavy atom. The molecule has 1 N–H and O–H groups in total. The maximum absolute atomic E-state index is 12.7. The van der Waals surface area contributed by atoms with Gasteiger partial charge in [-0.1, -0.05) is 0 Å². The molecule has 6 nitrogen and oxygen atoms in total. The smallest absolute Gasteiger partial charge is 0.228 e. The Kier molecular flexibility index (Phi) is 5.99. The van der Waals surface area contributed by atoms with Crippen LogP contribution in [0.5, 0.6) is 0 Å². The average Bonchev–Trinajstić information content (AvgIpc) is 2.86. The molecule has 2 amide bonds. The molecule has 0 aromatic carbocycles. The molecule has 0 spiro atoms. The molecule has 0 aliphatic carbocycles. The van der Waals surface area contributed by atoms with E-state index in [1.807, 2.05) is 4.90 Å². The van der Waals surface area contributed by atoms with E-state index in [0.717, 1.165) is 25.8 Å². The number of amides is 2. The molecule has 2 fully saturated rings. The maximum atomic E-state index is 12.7. The summed E-state index contributed by atoms with van der Waals surface area (Å²) in [7, 11) is 1.61. The monoisotopic (exact) mass is 298 g/mol. The van der Waals surface area contributed by atoms with Gasteiger partial charge in [-0.3, -0.25) is 9.59 Å². The first-order chi connectivity index (χ1) is 10.2. The van der Waals surface area contributed by atoms with E-state index in [-0.39, 0.29) is 30.4 Å². The van der Waals surface area contributed by atoms with Crippen molar-refractivity contribution < 1.29 is 19.4 Å². The van der Waals surface area contributed by atoms with Crippen molar-refractivity contribution in [2.24, 2.45) is 5.92 Å². The van der Waals surface area contributed by atoms with Crippen LogP contribution in [-0.2, 0) is 14.3 Å². The van der Waals surface area contributed by atoms with E-state index >= 15 is 0 Å². The molecule has 0 radical (unpaired) electrons. The second kappa shape index (κ2) is 7.75. The number of likely N-dealkylation sites (tertiary alicyclic amines) is 2. The third-order valence-electron chi connectivity index (χ3n) is 4.50. The summed E-state index contributed by atoms with van der Waals surface area (Å²) in [4.78, 5) is 28.2. The number of ether oxygens (including phenoxy) is 1. The Morgan fingerprint density at radius 2 is 2.24 bits per heavy atom. The van der Waals surface area contributed by atoms with Gasteiger partial charge in [0.1, 0.15) is 0 Å². The number of hydrogen-bond donors (Lipinski definition) is 1. The first-order valence-corrected chi connectivity index (χ1v) is 7.85. The summed E-state index contributed by atoms with van der Waals surface area (Å²) in [5.41, 5.74) is 0. The quantitative estimate of drug-likeness (QED) is 0.763. The number of methoxy groups -OCH3 is 1. The number of hydrogen-bond acceptors (Lipinski definition) is 4. The summed E-state index contributed by atoms with van der Waals surface area (Å²) in [5, 5.41) is 9.15. The predicted molar refractivity (Wildman–Crippen MR) is 77.6 cm³/mol. The fourth-order valence-corrected chi connectivity index (χ4v) is 3.33. The van der Waals surface area contributed by atoms with Crippen molar-refractivity contribution in [3.05, 3.63) is 0 Å². The molecule has 0 saturated carbocycles. The number of piperidine rings is 1. The Hall–Kier alpha value is -1.14. The lowest BCUT2D eigenvalue weighted by molar-refractivity contribution is -0.139. The van der Waals surface area contributed by atoms with Crippen molar-refractivity contribution in [3.8, 4) is 0 Å². The molecular formula is C15H26N2O4. The minimum atomic E-state index is -0.228. The molecule has 0 aromatic heterocycles. The third-order valence-corrected chi connectivity index (χ3v) is 4.50. The molecular weight excluding hydrogens is 272 g/mol. The van der Waals surface area contributed by atoms with Gasteiger partial charge in [-0.05, 0) is 25.7 Å². The topological polar surface area (TPSA) is 70.1 Å². The number of nitrogens with zero attached hydrogens (tertiary/aromatic N) is 2. The van der Waals surface area contributed by atoms with E-state index in [2.05, 4.69) is 0 Å². The highest BCUT2D eigenvalue weighted by molar-refractivity contribution is 5.89. The number of carbonyl (C=O) groups excluding carboxylic acids is 2. The van der Waals surface area contributed by atoms with Crippen molar-refractivity contribution >= 4 is 11.8 Å². The maximum Gasteiger partial charge on any atom is 0.228 e. The van der Waals surface area contributed by atoms with E-state index in [0.29, 0.717) is 32.5 Å². The highest BCUT2D eigenvalue weighted by Crippen LogP contribution is 2.26. The number of aliphatic hydroxyl groups excluding tert-OH is 1. The van der Waals surface area contributed by atoms with Gasteiger partial charge in [0.25, 0.3) is 0 Å². The zero-order chi connectivity index (χ0) is 15.2. The lowest BCUT2D eigenvalue weighted by atomic mass is 9.96. The van der Waals surface area contributed by atoms with Crippen LogP contribution in [0.3, 0.4) is 0 Å². The molecule has 2 aliphatic rings. The van der Waals surface area contributed by atoms with Crippen LogP contribution in [0.15, 0.2) is 0 Å². The van der Waals surface area contributed by atoms with Crippen LogP contribution in [-0.4, -0.2) is 72.7 Å². The Balaban J connectivity index is 1.94. The third kappa shape index (κ3) is 3.95. The molecule has 2 atom stereocenters. The number of carbonyl (C=O) groups is 2. The van der Waals surface area contributed by atoms with Gasteiger partial charge in [0.2, 0.25) is 11.8 Å². The summed E-state index contributed by atoms with van der Waals surface area (Å²) in [6.45, 7) is 2.43. The van der Waals surface area contributed by atoms with Gasteiger partial charge in [-0.2, -0.15) is 0 Å². The van der Waals surface area contributed by atoms with Crippen LogP contribution in [0, 0.1) is 5.92 Å². The molecule has 2 unspecified atom stereocenters. The van der Waals surface area contributed by atoms with E-state index in [1.165, 1.54) is 0 Å². The fourth-order valence-electron chi connectivity index (χ4n) is 3.33. The summed E-state index contributed by atoms with van der Waals surface area (Å²) < 4.78 is 5.00. The van der Waals surface area contributed by atoms with Crippen LogP contribution < -0.4 is 0 Å². The van der Waals surface area contributed by atoms with E-state index in [1.54, 1.807) is 12.0 Å². The van der Waals surface area contributed by atoms with E-state index in [4.69, 9.17) is 9.84 Å². The Morgan fingerprint density at radius 1 is 1.43 bits per heavy atom. The van der Waals surface area contributed by atoms with Crippen LogP contribution >= 0.6 is 0 Å². The van der Waals surface area contributed by atoms with Crippen molar-refractivity contribution in [2.45, 2.75) is 38.1 Å². The van der Waals surface area contributed by atoms with Crippen LogP contribution in [0.25, 0.3) is 0 Å². The molecule has 2 saturated heterocycles.